The van der Waals surface area contributed by atoms with E-state index in [9.17, 15) is 32.3 Å². The number of para-hydroxylation sites is 1. The minimum absolute atomic E-state index is 0.276. The number of carbonyl (C=O) groups is 3. The molecule has 0 radical (unpaired) electrons. The Morgan fingerprint density at radius 3 is 2.26 bits per heavy atom. The van der Waals surface area contributed by atoms with Gasteiger partial charge in [-0.3, -0.25) is 23.7 Å². The molecule has 1 N–H and O–H groups in total. The van der Waals surface area contributed by atoms with Gasteiger partial charge < -0.3 is 19.5 Å². The minimum atomic E-state index is -4.84. The van der Waals surface area contributed by atoms with Crippen molar-refractivity contribution in [2.24, 2.45) is 5.92 Å². The molecule has 3 aromatic carbocycles. The largest absolute Gasteiger partial charge is 0.497 e. The normalized spacial score (nSPS) is 18.9. The maximum atomic E-state index is 14.1. The fraction of sp³-hybridized carbons (Fsp3) is 0.250. The number of rotatable bonds is 8. The first-order valence-corrected chi connectivity index (χ1v) is 15.8. The van der Waals surface area contributed by atoms with Gasteiger partial charge in [0.25, 0.3) is 0 Å². The number of hydrogen-bond donors (Lipinski definition) is 1. The van der Waals surface area contributed by atoms with E-state index in [2.05, 4.69) is 5.32 Å². The van der Waals surface area contributed by atoms with Gasteiger partial charge in [-0.15, -0.1) is 0 Å². The number of anilines is 2. The minimum Gasteiger partial charge on any atom is -0.497 e. The summed E-state index contributed by atoms with van der Waals surface area (Å²) in [6.45, 7) is -0.414. The number of thioether (sulfide) groups is 1. The summed E-state index contributed by atoms with van der Waals surface area (Å²) >= 11 is 1.70. The molecule has 0 saturated carbocycles. The smallest absolute Gasteiger partial charge is 0.418 e. The van der Waals surface area contributed by atoms with Gasteiger partial charge in [0.2, 0.25) is 17.7 Å². The summed E-state index contributed by atoms with van der Waals surface area (Å²) in [6, 6.07) is 15.8. The van der Waals surface area contributed by atoms with Crippen molar-refractivity contribution in [3.63, 3.8) is 0 Å². The summed E-state index contributed by atoms with van der Waals surface area (Å²) in [5, 5.41) is 1.80. The Morgan fingerprint density at radius 2 is 1.60 bits per heavy atom. The van der Waals surface area contributed by atoms with Crippen molar-refractivity contribution in [3.8, 4) is 17.2 Å². The highest BCUT2D eigenvalue weighted by atomic mass is 32.2. The zero-order valence-electron chi connectivity index (χ0n) is 25.0. The van der Waals surface area contributed by atoms with Crippen molar-refractivity contribution >= 4 is 52.2 Å². The van der Waals surface area contributed by atoms with E-state index < -0.39 is 63.7 Å². The second-order valence-electron chi connectivity index (χ2n) is 10.6. The monoisotopic (exact) mass is 685 g/mol. The van der Waals surface area contributed by atoms with Crippen LogP contribution in [0.2, 0.25) is 0 Å². The summed E-state index contributed by atoms with van der Waals surface area (Å²) in [6.07, 6.45) is -4.84. The fourth-order valence-electron chi connectivity index (χ4n) is 5.82. The Labute approximate surface area is 274 Å². The van der Waals surface area contributed by atoms with Gasteiger partial charge in [0, 0.05) is 16.5 Å². The molecule has 1 fully saturated rings. The SMILES string of the molecule is COc1ccc(NC(=O)Cn2c3c(sc2=O)C(c2ccc(OC)c(OC)c2)C2C(=O)N(c4ccccc4C(F)(F)F)C(=O)C2S3)cc1. The summed E-state index contributed by atoms with van der Waals surface area (Å²) < 4.78 is 59.3. The molecule has 4 aromatic rings. The van der Waals surface area contributed by atoms with Gasteiger partial charge in [-0.2, -0.15) is 13.2 Å². The molecule has 1 saturated heterocycles. The van der Waals surface area contributed by atoms with Crippen LogP contribution in [0.3, 0.4) is 0 Å². The second kappa shape index (κ2) is 12.4. The van der Waals surface area contributed by atoms with E-state index in [1.54, 1.807) is 42.5 Å². The fourth-order valence-corrected chi connectivity index (χ4v) is 8.60. The molecule has 3 unspecified atom stereocenters. The van der Waals surface area contributed by atoms with E-state index in [1.165, 1.54) is 38.0 Å². The number of ether oxygens (including phenoxy) is 3. The van der Waals surface area contributed by atoms with Crippen LogP contribution in [0.25, 0.3) is 0 Å². The van der Waals surface area contributed by atoms with E-state index in [1.807, 2.05) is 0 Å². The molecular weight excluding hydrogens is 659 g/mol. The van der Waals surface area contributed by atoms with Crippen LogP contribution in [-0.4, -0.2) is 48.9 Å². The van der Waals surface area contributed by atoms with Gasteiger partial charge >= 0.3 is 11.0 Å². The van der Waals surface area contributed by atoms with Crippen molar-refractivity contribution in [1.29, 1.82) is 0 Å². The number of amides is 3. The molecule has 3 atom stereocenters. The molecule has 15 heteroatoms. The summed E-state index contributed by atoms with van der Waals surface area (Å²) in [7, 11) is 4.37. The molecule has 3 amide bonds. The Bertz CT molecular complexity index is 1940. The number of imide groups is 1. The van der Waals surface area contributed by atoms with Gasteiger partial charge in [-0.25, -0.2) is 4.90 Å². The van der Waals surface area contributed by atoms with E-state index in [0.717, 1.165) is 35.2 Å². The molecule has 0 bridgehead atoms. The van der Waals surface area contributed by atoms with Crippen LogP contribution in [0.5, 0.6) is 17.2 Å². The standard InChI is InChI=1S/C32H26F3N3O7S2/c1-43-18-11-9-17(10-12-18)36-23(39)15-37-30-27(47-31(37)42)24(16-8-13-21(44-2)22(14-16)45-3)25-26(46-30)29(41)38(28(25)40)20-7-5-4-6-19(20)32(33,34)35/h4-14,24-26H,15H2,1-3H3,(H,36,39). The lowest BCUT2D eigenvalue weighted by atomic mass is 9.83. The van der Waals surface area contributed by atoms with Crippen LogP contribution in [0.1, 0.15) is 21.9 Å². The van der Waals surface area contributed by atoms with Crippen LogP contribution < -0.4 is 29.3 Å². The maximum absolute atomic E-state index is 14.1. The number of benzene rings is 3. The lowest BCUT2D eigenvalue weighted by Crippen LogP contribution is -2.33. The van der Waals surface area contributed by atoms with Crippen LogP contribution >= 0.6 is 23.1 Å². The lowest BCUT2D eigenvalue weighted by Gasteiger charge is -2.31. The third-order valence-electron chi connectivity index (χ3n) is 7.94. The van der Waals surface area contributed by atoms with Gasteiger partial charge in [0.05, 0.1) is 43.5 Å². The molecule has 0 spiro atoms. The Kier molecular flexibility index (Phi) is 8.53. The topological polar surface area (TPSA) is 116 Å². The molecule has 244 valence electrons. The first-order chi connectivity index (χ1) is 22.5. The average molecular weight is 686 g/mol. The molecule has 1 aromatic heterocycles. The number of alkyl halides is 3. The number of halogens is 3. The van der Waals surface area contributed by atoms with Crippen molar-refractivity contribution in [2.45, 2.75) is 28.9 Å². The molecule has 2 aliphatic heterocycles. The number of fused-ring (bicyclic) bond motifs is 2. The van der Waals surface area contributed by atoms with Crippen molar-refractivity contribution in [3.05, 3.63) is 92.4 Å². The summed E-state index contributed by atoms with van der Waals surface area (Å²) in [4.78, 5) is 55.1. The first kappa shape index (κ1) is 32.2. The Hall–Kier alpha value is -4.76. The van der Waals surface area contributed by atoms with Crippen LogP contribution in [-0.2, 0) is 27.1 Å². The molecular formula is C32H26F3N3O7S2. The predicted octanol–water partition coefficient (Wildman–Crippen LogP) is 5.39. The highest BCUT2D eigenvalue weighted by Gasteiger charge is 2.58. The molecule has 47 heavy (non-hydrogen) atoms. The summed E-state index contributed by atoms with van der Waals surface area (Å²) in [5.74, 6) is -3.04. The molecule has 2 aliphatic rings. The van der Waals surface area contributed by atoms with Gasteiger partial charge in [0.1, 0.15) is 17.5 Å². The number of nitrogens with zero attached hydrogens (tertiary/aromatic N) is 2. The number of hydrogen-bond acceptors (Lipinski definition) is 9. The van der Waals surface area contributed by atoms with E-state index in [-0.39, 0.29) is 5.03 Å². The van der Waals surface area contributed by atoms with Gasteiger partial charge in [0.15, 0.2) is 11.5 Å². The number of methoxy groups -OCH3 is 3. The average Bonchev–Trinajstić information content (AvgIpc) is 3.50. The third-order valence-corrected chi connectivity index (χ3v) is 10.5. The first-order valence-electron chi connectivity index (χ1n) is 14.1. The van der Waals surface area contributed by atoms with E-state index in [4.69, 9.17) is 14.2 Å². The maximum Gasteiger partial charge on any atom is 0.418 e. The highest BCUT2D eigenvalue weighted by molar-refractivity contribution is 8.00. The second-order valence-corrected chi connectivity index (χ2v) is 12.7. The molecule has 3 heterocycles. The quantitative estimate of drug-likeness (QED) is 0.246. The van der Waals surface area contributed by atoms with Crippen molar-refractivity contribution in [1.82, 2.24) is 4.57 Å². The third kappa shape index (κ3) is 5.73. The van der Waals surface area contributed by atoms with Crippen LogP contribution in [0, 0.1) is 5.92 Å². The van der Waals surface area contributed by atoms with Gasteiger partial charge in [-0.1, -0.05) is 41.3 Å². The van der Waals surface area contributed by atoms with E-state index in [0.29, 0.717) is 38.3 Å². The van der Waals surface area contributed by atoms with Crippen LogP contribution in [0.15, 0.2) is 76.6 Å². The lowest BCUT2D eigenvalue weighted by molar-refractivity contribution is -0.137. The predicted molar refractivity (Wildman–Crippen MR) is 169 cm³/mol. The van der Waals surface area contributed by atoms with Crippen molar-refractivity contribution in [2.75, 3.05) is 31.5 Å². The number of thiazole rings is 1. The number of carbonyl (C=O) groups excluding carboxylic acids is 3. The Morgan fingerprint density at radius 1 is 0.894 bits per heavy atom. The molecule has 6 rings (SSSR count). The Balaban J connectivity index is 1.44. The van der Waals surface area contributed by atoms with Crippen LogP contribution in [0.4, 0.5) is 24.5 Å². The molecule has 10 nitrogen and oxygen atoms in total. The van der Waals surface area contributed by atoms with Crippen molar-refractivity contribution < 1.29 is 41.8 Å². The summed E-state index contributed by atoms with van der Waals surface area (Å²) in [5.41, 5.74) is -0.771. The molecule has 0 aliphatic carbocycles. The zero-order chi connectivity index (χ0) is 33.6. The number of nitrogens with one attached hydrogen (secondary N) is 1. The zero-order valence-corrected chi connectivity index (χ0v) is 26.6. The van der Waals surface area contributed by atoms with E-state index >= 15 is 0 Å². The highest BCUT2D eigenvalue weighted by Crippen LogP contribution is 2.55. The number of aromatic nitrogens is 1. The van der Waals surface area contributed by atoms with Gasteiger partial charge in [-0.05, 0) is 54.1 Å².